The summed E-state index contributed by atoms with van der Waals surface area (Å²) in [6.45, 7) is 7.25. The lowest BCUT2D eigenvalue weighted by Crippen LogP contribution is -2.30. The molecule has 0 aliphatic rings. The topological polar surface area (TPSA) is 237 Å². The Kier molecular flexibility index (Phi) is 71.6. The highest BCUT2D eigenvalue weighted by Crippen LogP contribution is 2.45. The molecule has 6 atom stereocenters. The summed E-state index contributed by atoms with van der Waals surface area (Å²) in [7, 11) is -9.91. The van der Waals surface area contributed by atoms with Gasteiger partial charge in [-0.25, -0.2) is 9.13 Å². The normalized spacial score (nSPS) is 14.1. The molecule has 0 saturated carbocycles. The molecule has 0 aromatic carbocycles. The van der Waals surface area contributed by atoms with Gasteiger partial charge < -0.3 is 33.8 Å². The van der Waals surface area contributed by atoms with Gasteiger partial charge in [-0.1, -0.05) is 375 Å². The molecule has 0 bridgehead atoms. The van der Waals surface area contributed by atoms with E-state index < -0.39 is 97.5 Å². The molecule has 3 N–H and O–H groups in total. The Labute approximate surface area is 607 Å². The van der Waals surface area contributed by atoms with Crippen LogP contribution in [-0.4, -0.2) is 96.7 Å². The molecular weight excluding hydrogens is 1290 g/mol. The maximum Gasteiger partial charge on any atom is 0.472 e. The Bertz CT molecular complexity index is 1890. The molecule has 0 rings (SSSR count). The first-order valence-corrected chi connectivity index (χ1v) is 44.7. The van der Waals surface area contributed by atoms with E-state index in [0.29, 0.717) is 25.7 Å². The summed E-state index contributed by atoms with van der Waals surface area (Å²) in [5.41, 5.74) is 0. The Morgan fingerprint density at radius 2 is 0.485 bits per heavy atom. The van der Waals surface area contributed by atoms with Crippen LogP contribution < -0.4 is 0 Å². The molecule has 3 unspecified atom stereocenters. The van der Waals surface area contributed by atoms with Gasteiger partial charge in [0.25, 0.3) is 0 Å². The van der Waals surface area contributed by atoms with Crippen LogP contribution in [-0.2, 0) is 65.4 Å². The third-order valence-electron chi connectivity index (χ3n) is 19.1. The number of aliphatic hydroxyl groups excluding tert-OH is 1. The number of hydrogen-bond acceptors (Lipinski definition) is 15. The SMILES string of the molecule is CCCCCCCCCCCCCCCCCCCCCCC(=O)OC[C@H](COP(=O)(O)OC[C@@H](O)COP(=O)(O)OC[C@@H](COC(=O)CCCCCCC)OC(=O)CCCCCCCCCCCCC(C)CC)OC(=O)CCCCCCCCCCCCCCCCCCCCCC. The summed E-state index contributed by atoms with van der Waals surface area (Å²) < 4.78 is 68.4. The minimum atomic E-state index is -4.96. The van der Waals surface area contributed by atoms with Crippen molar-refractivity contribution in [3.05, 3.63) is 0 Å². The first-order valence-electron chi connectivity index (χ1n) is 41.7. The number of carbonyl (C=O) groups is 4. The van der Waals surface area contributed by atoms with Crippen LogP contribution in [0.3, 0.4) is 0 Å². The van der Waals surface area contributed by atoms with Gasteiger partial charge in [0.05, 0.1) is 26.4 Å². The Morgan fingerprint density at radius 1 is 0.283 bits per heavy atom. The van der Waals surface area contributed by atoms with E-state index in [2.05, 4.69) is 34.6 Å². The third kappa shape index (κ3) is 72.8. The summed E-state index contributed by atoms with van der Waals surface area (Å²) in [4.78, 5) is 72.7. The van der Waals surface area contributed by atoms with Crippen LogP contribution in [0.25, 0.3) is 0 Å². The van der Waals surface area contributed by atoms with Gasteiger partial charge in [0, 0.05) is 25.7 Å². The molecule has 588 valence electrons. The van der Waals surface area contributed by atoms with Crippen molar-refractivity contribution in [2.75, 3.05) is 39.6 Å². The van der Waals surface area contributed by atoms with E-state index in [1.165, 1.54) is 244 Å². The molecule has 0 aliphatic carbocycles. The molecule has 17 nitrogen and oxygen atoms in total. The second-order valence-corrected chi connectivity index (χ2v) is 32.0. The van der Waals surface area contributed by atoms with Crippen LogP contribution in [0.4, 0.5) is 0 Å². The van der Waals surface area contributed by atoms with Gasteiger partial charge in [0.15, 0.2) is 12.2 Å². The number of phosphoric acid groups is 2. The Hall–Kier alpha value is -1.94. The second-order valence-electron chi connectivity index (χ2n) is 29.1. The van der Waals surface area contributed by atoms with Crippen molar-refractivity contribution in [1.29, 1.82) is 0 Å². The lowest BCUT2D eigenvalue weighted by Gasteiger charge is -2.21. The fourth-order valence-corrected chi connectivity index (χ4v) is 14.0. The maximum atomic E-state index is 13.1. The second kappa shape index (κ2) is 73.0. The van der Waals surface area contributed by atoms with Crippen molar-refractivity contribution >= 4 is 39.5 Å². The van der Waals surface area contributed by atoms with Crippen LogP contribution in [0, 0.1) is 5.92 Å². The van der Waals surface area contributed by atoms with E-state index in [4.69, 9.17) is 37.0 Å². The standard InChI is InChI=1S/C80H156O17P2/c1-6-10-13-16-18-20-22-24-26-28-30-32-34-36-38-40-45-49-54-59-64-78(83)91-70-76(97-80(85)65-60-55-50-46-41-39-37-35-33-31-29-27-25-23-21-19-17-14-11-7-2)72-95-99(88,89)93-68-74(81)67-92-98(86,87)94-71-75(69-90-77(82)63-58-52-15-12-8-3)96-79(84)66-61-56-51-47-43-42-44-48-53-57-62-73(5)9-4/h73-76,81H,6-72H2,1-5H3,(H,86,87)(H,88,89)/t73?,74-,75+,76+/m0/s1. The van der Waals surface area contributed by atoms with E-state index in [9.17, 15) is 43.2 Å². The fourth-order valence-electron chi connectivity index (χ4n) is 12.4. The highest BCUT2D eigenvalue weighted by molar-refractivity contribution is 7.47. The predicted molar refractivity (Wildman–Crippen MR) is 405 cm³/mol. The number of ether oxygens (including phenoxy) is 4. The molecule has 0 heterocycles. The van der Waals surface area contributed by atoms with Gasteiger partial charge in [-0.2, -0.15) is 0 Å². The zero-order valence-electron chi connectivity index (χ0n) is 64.6. The van der Waals surface area contributed by atoms with Crippen LogP contribution in [0.5, 0.6) is 0 Å². The summed E-state index contributed by atoms with van der Waals surface area (Å²) in [5.74, 6) is -1.32. The van der Waals surface area contributed by atoms with E-state index in [0.717, 1.165) is 102 Å². The zero-order chi connectivity index (χ0) is 72.7. The Balaban J connectivity index is 5.12. The number of rotatable bonds is 80. The molecule has 0 saturated heterocycles. The van der Waals surface area contributed by atoms with Crippen molar-refractivity contribution in [3.8, 4) is 0 Å². The summed E-state index contributed by atoms with van der Waals surface area (Å²) in [6, 6.07) is 0. The van der Waals surface area contributed by atoms with Crippen molar-refractivity contribution in [1.82, 2.24) is 0 Å². The summed E-state index contributed by atoms with van der Waals surface area (Å²) >= 11 is 0. The van der Waals surface area contributed by atoms with Gasteiger partial charge in [-0.3, -0.25) is 37.3 Å². The monoisotopic (exact) mass is 1450 g/mol. The largest absolute Gasteiger partial charge is 0.472 e. The molecule has 0 aliphatic heterocycles. The molecule has 0 radical (unpaired) electrons. The Morgan fingerprint density at radius 3 is 0.717 bits per heavy atom. The van der Waals surface area contributed by atoms with Gasteiger partial charge in [-0.05, 0) is 31.6 Å². The number of carbonyl (C=O) groups excluding carboxylic acids is 4. The maximum absolute atomic E-state index is 13.1. The molecular formula is C80H156O17P2. The molecule has 19 heteroatoms. The number of esters is 4. The fraction of sp³-hybridized carbons (Fsp3) is 0.950. The number of aliphatic hydroxyl groups is 1. The number of phosphoric ester groups is 2. The van der Waals surface area contributed by atoms with E-state index in [1.807, 2.05) is 0 Å². The van der Waals surface area contributed by atoms with Crippen molar-refractivity contribution in [2.24, 2.45) is 5.92 Å². The highest BCUT2D eigenvalue weighted by atomic mass is 31.2. The first-order chi connectivity index (χ1) is 48.1. The van der Waals surface area contributed by atoms with Gasteiger partial charge in [0.1, 0.15) is 19.3 Å². The van der Waals surface area contributed by atoms with Gasteiger partial charge in [-0.15, -0.1) is 0 Å². The van der Waals surface area contributed by atoms with Crippen LogP contribution in [0.15, 0.2) is 0 Å². The van der Waals surface area contributed by atoms with E-state index >= 15 is 0 Å². The minimum Gasteiger partial charge on any atom is -0.462 e. The average molecular weight is 1450 g/mol. The number of unbranched alkanes of at least 4 members (excludes halogenated alkanes) is 51. The van der Waals surface area contributed by atoms with Crippen molar-refractivity contribution in [3.63, 3.8) is 0 Å². The predicted octanol–water partition coefficient (Wildman–Crippen LogP) is 24.0. The molecule has 0 fully saturated rings. The van der Waals surface area contributed by atoms with E-state index in [-0.39, 0.29) is 25.7 Å². The van der Waals surface area contributed by atoms with Crippen molar-refractivity contribution < 1.29 is 80.2 Å². The average Bonchev–Trinajstić information content (AvgIpc) is 0.963. The summed E-state index contributed by atoms with van der Waals surface area (Å²) in [5, 5.41) is 10.6. The van der Waals surface area contributed by atoms with Crippen LogP contribution >= 0.6 is 15.6 Å². The molecule has 0 aromatic heterocycles. The lowest BCUT2D eigenvalue weighted by atomic mass is 9.99. The molecule has 0 aromatic rings. The smallest absolute Gasteiger partial charge is 0.462 e. The van der Waals surface area contributed by atoms with Gasteiger partial charge >= 0.3 is 39.5 Å². The molecule has 0 spiro atoms. The zero-order valence-corrected chi connectivity index (χ0v) is 66.4. The molecule has 0 amide bonds. The lowest BCUT2D eigenvalue weighted by molar-refractivity contribution is -0.161. The van der Waals surface area contributed by atoms with Crippen molar-refractivity contribution in [2.45, 2.75) is 445 Å². The van der Waals surface area contributed by atoms with Gasteiger partial charge in [0.2, 0.25) is 0 Å². The van der Waals surface area contributed by atoms with Crippen LogP contribution in [0.2, 0.25) is 0 Å². The first kappa shape index (κ1) is 97.1. The quantitative estimate of drug-likeness (QED) is 0.0222. The van der Waals surface area contributed by atoms with Crippen LogP contribution in [0.1, 0.15) is 426 Å². The molecule has 99 heavy (non-hydrogen) atoms. The summed E-state index contributed by atoms with van der Waals surface area (Å²) in [6.07, 6.45) is 64.4. The number of hydrogen-bond donors (Lipinski definition) is 3. The third-order valence-corrected chi connectivity index (χ3v) is 21.0. The van der Waals surface area contributed by atoms with E-state index in [1.54, 1.807) is 0 Å². The minimum absolute atomic E-state index is 0.106. The highest BCUT2D eigenvalue weighted by Gasteiger charge is 2.30.